The Morgan fingerprint density at radius 1 is 1.26 bits per heavy atom. The quantitative estimate of drug-likeness (QED) is 0.868. The second-order valence-corrected chi connectivity index (χ2v) is 6.25. The van der Waals surface area contributed by atoms with Crippen molar-refractivity contribution in [2.75, 3.05) is 6.61 Å². The van der Waals surface area contributed by atoms with Crippen molar-refractivity contribution in [3.8, 4) is 0 Å². The highest BCUT2D eigenvalue weighted by atomic mass is 16.7. The van der Waals surface area contributed by atoms with Gasteiger partial charge in [0.1, 0.15) is 5.69 Å². The maximum absolute atomic E-state index is 5.79. The molecule has 0 aromatic carbocycles. The van der Waals surface area contributed by atoms with Crippen LogP contribution in [0.5, 0.6) is 0 Å². The van der Waals surface area contributed by atoms with E-state index in [2.05, 4.69) is 21.4 Å². The zero-order valence-corrected chi connectivity index (χ0v) is 13.2. The van der Waals surface area contributed by atoms with Gasteiger partial charge >= 0.3 is 0 Å². The van der Waals surface area contributed by atoms with Gasteiger partial charge in [0.2, 0.25) is 0 Å². The first-order valence-electron chi connectivity index (χ1n) is 8.48. The van der Waals surface area contributed by atoms with E-state index in [1.807, 2.05) is 23.1 Å². The Morgan fingerprint density at radius 2 is 2.26 bits per heavy atom. The minimum absolute atomic E-state index is 0.0917. The van der Waals surface area contributed by atoms with Crippen molar-refractivity contribution in [3.63, 3.8) is 0 Å². The molecule has 1 aliphatic carbocycles. The van der Waals surface area contributed by atoms with Crippen molar-refractivity contribution in [1.29, 1.82) is 0 Å². The van der Waals surface area contributed by atoms with E-state index in [1.165, 1.54) is 12.0 Å². The van der Waals surface area contributed by atoms with Crippen molar-refractivity contribution in [2.45, 2.75) is 57.5 Å². The Morgan fingerprint density at radius 3 is 3.17 bits per heavy atom. The third-order valence-corrected chi connectivity index (χ3v) is 4.60. The van der Waals surface area contributed by atoms with Gasteiger partial charge in [-0.05, 0) is 50.2 Å². The fourth-order valence-electron chi connectivity index (χ4n) is 3.40. The first-order chi connectivity index (χ1) is 11.4. The van der Waals surface area contributed by atoms with Gasteiger partial charge in [-0.2, -0.15) is 0 Å². The zero-order valence-electron chi connectivity index (χ0n) is 13.2. The maximum Gasteiger partial charge on any atom is 0.158 e. The normalized spacial score (nSPS) is 24.3. The lowest BCUT2D eigenvalue weighted by molar-refractivity contribution is -0.169. The fraction of sp³-hybridized carbons (Fsp3) is 0.588. The van der Waals surface area contributed by atoms with Gasteiger partial charge in [-0.1, -0.05) is 11.3 Å². The molecule has 2 aromatic heterocycles. The van der Waals surface area contributed by atoms with E-state index in [4.69, 9.17) is 9.47 Å². The van der Waals surface area contributed by atoms with E-state index in [0.29, 0.717) is 6.61 Å². The van der Waals surface area contributed by atoms with Crippen LogP contribution in [0.2, 0.25) is 0 Å². The largest absolute Gasteiger partial charge is 0.353 e. The number of hydrogen-bond acceptors (Lipinski definition) is 5. The molecule has 0 saturated carbocycles. The minimum Gasteiger partial charge on any atom is -0.353 e. The summed E-state index contributed by atoms with van der Waals surface area (Å²) in [5.74, 6) is 0. The summed E-state index contributed by atoms with van der Waals surface area (Å²) >= 11 is 0. The summed E-state index contributed by atoms with van der Waals surface area (Å²) in [5.41, 5.74) is 3.31. The molecule has 2 aromatic rings. The highest BCUT2D eigenvalue weighted by molar-refractivity contribution is 5.26. The maximum atomic E-state index is 5.79. The van der Waals surface area contributed by atoms with Gasteiger partial charge in [-0.15, -0.1) is 5.10 Å². The standard InChI is InChI=1S/C17H22N4O2/c1-2-10-22-16(8-1)23-12-14-11-21(20-19-14)15-7-3-5-13-6-4-9-18-17(13)15/h4,6,9,11,15-16H,1-3,5,7-8,10,12H2/t15-,16?/m1/s1. The molecule has 6 heteroatoms. The van der Waals surface area contributed by atoms with Crippen LogP contribution in [0.15, 0.2) is 24.5 Å². The molecule has 0 bridgehead atoms. The fourth-order valence-corrected chi connectivity index (χ4v) is 3.40. The van der Waals surface area contributed by atoms with Gasteiger partial charge in [-0.25, -0.2) is 4.68 Å². The van der Waals surface area contributed by atoms with Crippen LogP contribution >= 0.6 is 0 Å². The lowest BCUT2D eigenvalue weighted by atomic mass is 9.92. The van der Waals surface area contributed by atoms with Gasteiger partial charge in [0.25, 0.3) is 0 Å². The molecule has 6 nitrogen and oxygen atoms in total. The van der Waals surface area contributed by atoms with Crippen molar-refractivity contribution in [2.24, 2.45) is 0 Å². The number of nitrogens with zero attached hydrogens (tertiary/aromatic N) is 4. The Balaban J connectivity index is 1.44. The number of rotatable bonds is 4. The van der Waals surface area contributed by atoms with Gasteiger partial charge < -0.3 is 9.47 Å². The lowest BCUT2D eigenvalue weighted by Gasteiger charge is -2.24. The third-order valence-electron chi connectivity index (χ3n) is 4.60. The predicted molar refractivity (Wildman–Crippen MR) is 83.7 cm³/mol. The van der Waals surface area contributed by atoms with Gasteiger partial charge in [0.05, 0.1) is 24.5 Å². The Kier molecular flexibility index (Phi) is 4.35. The van der Waals surface area contributed by atoms with Gasteiger partial charge in [0.15, 0.2) is 6.29 Å². The molecular formula is C17H22N4O2. The summed E-state index contributed by atoms with van der Waals surface area (Å²) in [4.78, 5) is 4.57. The van der Waals surface area contributed by atoms with Crippen molar-refractivity contribution in [1.82, 2.24) is 20.0 Å². The van der Waals surface area contributed by atoms with E-state index < -0.39 is 0 Å². The number of aryl methyl sites for hydroxylation is 1. The smallest absolute Gasteiger partial charge is 0.158 e. The lowest BCUT2D eigenvalue weighted by Crippen LogP contribution is -2.22. The average molecular weight is 314 g/mol. The molecule has 4 rings (SSSR count). The Hall–Kier alpha value is -1.79. The molecule has 3 heterocycles. The zero-order chi connectivity index (χ0) is 15.5. The van der Waals surface area contributed by atoms with Crippen molar-refractivity contribution >= 4 is 0 Å². The Bertz CT molecular complexity index is 652. The second kappa shape index (κ2) is 6.76. The SMILES string of the molecule is c1cnc2c(c1)CCC[C@H]2n1cc(COC2CCCCO2)nn1. The molecular weight excluding hydrogens is 292 g/mol. The first-order valence-corrected chi connectivity index (χ1v) is 8.48. The molecule has 0 radical (unpaired) electrons. The van der Waals surface area contributed by atoms with Crippen LogP contribution in [0, 0.1) is 0 Å². The highest BCUT2D eigenvalue weighted by Gasteiger charge is 2.24. The summed E-state index contributed by atoms with van der Waals surface area (Å²) in [6.45, 7) is 1.24. The van der Waals surface area contributed by atoms with Crippen LogP contribution in [0.4, 0.5) is 0 Å². The van der Waals surface area contributed by atoms with E-state index in [9.17, 15) is 0 Å². The summed E-state index contributed by atoms with van der Waals surface area (Å²) in [6, 6.07) is 4.36. The molecule has 1 aliphatic heterocycles. The summed E-state index contributed by atoms with van der Waals surface area (Å²) < 4.78 is 13.3. The van der Waals surface area contributed by atoms with E-state index >= 15 is 0 Å². The summed E-state index contributed by atoms with van der Waals surface area (Å²) in [7, 11) is 0. The van der Waals surface area contributed by atoms with E-state index in [1.54, 1.807) is 0 Å². The molecule has 0 amide bonds. The number of aromatic nitrogens is 4. The second-order valence-electron chi connectivity index (χ2n) is 6.25. The topological polar surface area (TPSA) is 62.1 Å². The molecule has 1 saturated heterocycles. The predicted octanol–water partition coefficient (Wildman–Crippen LogP) is 2.64. The van der Waals surface area contributed by atoms with Crippen molar-refractivity contribution in [3.05, 3.63) is 41.5 Å². The van der Waals surface area contributed by atoms with E-state index in [-0.39, 0.29) is 12.3 Å². The molecule has 0 spiro atoms. The first kappa shape index (κ1) is 14.8. The van der Waals surface area contributed by atoms with Crippen molar-refractivity contribution < 1.29 is 9.47 Å². The molecule has 2 aliphatic rings. The van der Waals surface area contributed by atoms with Crippen LogP contribution < -0.4 is 0 Å². The molecule has 2 atom stereocenters. The number of fused-ring (bicyclic) bond motifs is 1. The minimum atomic E-state index is -0.0917. The van der Waals surface area contributed by atoms with Crippen LogP contribution in [-0.2, 0) is 22.5 Å². The number of ether oxygens (including phenoxy) is 2. The van der Waals surface area contributed by atoms with Crippen LogP contribution in [0.25, 0.3) is 0 Å². The van der Waals surface area contributed by atoms with E-state index in [0.717, 1.165) is 50.1 Å². The molecule has 0 N–H and O–H groups in total. The van der Waals surface area contributed by atoms with Crippen LogP contribution in [-0.4, -0.2) is 32.9 Å². The van der Waals surface area contributed by atoms with Gasteiger partial charge in [-0.3, -0.25) is 4.98 Å². The Labute approximate surface area is 135 Å². The highest BCUT2D eigenvalue weighted by Crippen LogP contribution is 2.30. The third kappa shape index (κ3) is 3.28. The average Bonchev–Trinajstić information content (AvgIpc) is 3.09. The van der Waals surface area contributed by atoms with Crippen LogP contribution in [0.1, 0.15) is 55.1 Å². The molecule has 1 fully saturated rings. The summed E-state index contributed by atoms with van der Waals surface area (Å²) in [6.07, 6.45) is 10.3. The molecule has 122 valence electrons. The summed E-state index contributed by atoms with van der Waals surface area (Å²) in [5, 5.41) is 8.56. The van der Waals surface area contributed by atoms with Gasteiger partial charge in [0, 0.05) is 12.8 Å². The molecule has 23 heavy (non-hydrogen) atoms. The number of hydrogen-bond donors (Lipinski definition) is 0. The number of pyridine rings is 1. The monoisotopic (exact) mass is 314 g/mol. The van der Waals surface area contributed by atoms with Crippen LogP contribution in [0.3, 0.4) is 0 Å². The molecule has 1 unspecified atom stereocenters.